The molecule has 64 heavy (non-hydrogen) atoms. The van der Waals surface area contributed by atoms with E-state index in [2.05, 4.69) is 15.6 Å². The third-order valence-electron chi connectivity index (χ3n) is 10.8. The summed E-state index contributed by atoms with van der Waals surface area (Å²) in [6.45, 7) is 19.7. The number of nitrogens with one attached hydrogen (secondary N) is 2. The smallest absolute Gasteiger partial charge is 0.437 e. The van der Waals surface area contributed by atoms with Gasteiger partial charge in [-0.15, -0.1) is 4.99 Å². The van der Waals surface area contributed by atoms with Crippen molar-refractivity contribution in [2.24, 2.45) is 10.7 Å². The summed E-state index contributed by atoms with van der Waals surface area (Å²) in [5.74, 6) is -1.17. The maximum atomic E-state index is 14.7. The van der Waals surface area contributed by atoms with Crippen molar-refractivity contribution in [1.82, 2.24) is 16.0 Å². The van der Waals surface area contributed by atoms with Crippen LogP contribution in [0, 0.1) is 27.7 Å². The van der Waals surface area contributed by atoms with Gasteiger partial charge in [0.05, 0.1) is 0 Å². The Morgan fingerprint density at radius 3 is 1.84 bits per heavy atom. The second-order valence-corrected chi connectivity index (χ2v) is 19.0. The molecule has 0 bridgehead atoms. The molecule has 345 valence electrons. The lowest BCUT2D eigenvalue weighted by molar-refractivity contribution is -0.132. The van der Waals surface area contributed by atoms with Gasteiger partial charge in [0.1, 0.15) is 34.3 Å². The van der Waals surface area contributed by atoms with Gasteiger partial charge in [-0.05, 0) is 138 Å². The van der Waals surface area contributed by atoms with Crippen molar-refractivity contribution >= 4 is 40.6 Å². The number of carbonyl (C=O) groups excluding carboxylic acids is 4. The zero-order chi connectivity index (χ0) is 47.6. The lowest BCUT2D eigenvalue weighted by Crippen LogP contribution is -2.56. The fraction of sp³-hybridized carbons (Fsp3) is 0.471. The first-order valence-corrected chi connectivity index (χ1v) is 22.0. The summed E-state index contributed by atoms with van der Waals surface area (Å²) in [6.07, 6.45) is 1.39. The first-order chi connectivity index (χ1) is 29.8. The summed E-state index contributed by atoms with van der Waals surface area (Å²) in [5.41, 5.74) is 9.04. The number of Topliss-reactive ketones (excluding diaryl/α,β-unsaturated/α-hetero) is 1. The highest BCUT2D eigenvalue weighted by atomic mass is 16.6. The van der Waals surface area contributed by atoms with Crippen LogP contribution in [0.4, 0.5) is 9.59 Å². The number of aromatic hydroxyl groups is 2. The molecule has 6 N–H and O–H groups in total. The highest BCUT2D eigenvalue weighted by Gasteiger charge is 2.39. The van der Waals surface area contributed by atoms with Crippen LogP contribution in [0.25, 0.3) is 10.8 Å². The third-order valence-corrected chi connectivity index (χ3v) is 10.8. The lowest BCUT2D eigenvalue weighted by atomic mass is 9.83. The van der Waals surface area contributed by atoms with Gasteiger partial charge >= 0.3 is 12.2 Å². The van der Waals surface area contributed by atoms with E-state index in [1.54, 1.807) is 69.2 Å². The minimum Gasteiger partial charge on any atom is -0.507 e. The van der Waals surface area contributed by atoms with Crippen LogP contribution in [0.2, 0.25) is 0 Å². The van der Waals surface area contributed by atoms with Crippen LogP contribution < -0.4 is 21.7 Å². The average molecular weight is 879 g/mol. The Morgan fingerprint density at radius 1 is 0.719 bits per heavy atom. The molecule has 13 heteroatoms. The fourth-order valence-corrected chi connectivity index (χ4v) is 7.59. The maximum Gasteiger partial charge on any atom is 0.437 e. The van der Waals surface area contributed by atoms with E-state index in [-0.39, 0.29) is 42.5 Å². The number of rotatable bonds is 16. The number of fused-ring (bicyclic) bond motifs is 1. The zero-order valence-corrected chi connectivity index (χ0v) is 39.5. The Balaban J connectivity index is 1.54. The highest BCUT2D eigenvalue weighted by molar-refractivity contribution is 5.99. The fourth-order valence-electron chi connectivity index (χ4n) is 7.59. The van der Waals surface area contributed by atoms with E-state index in [0.717, 1.165) is 27.5 Å². The third kappa shape index (κ3) is 15.1. The van der Waals surface area contributed by atoms with E-state index in [1.807, 2.05) is 73.7 Å². The van der Waals surface area contributed by atoms with Gasteiger partial charge in [-0.1, -0.05) is 92.9 Å². The SMILES string of the molecule is Cc1cc(C[C@H]([N]C(=O)[C@](N)(CCCCCCNC(=NC(=O)OC(C)(C)C)NC(=O)OC(C)(C)C)Cc2cc(C)c(O)c(C)c2)C(=O)[C@H](C)c2ccc3ccccc3c2)cc(C)c1O. The van der Waals surface area contributed by atoms with E-state index in [0.29, 0.717) is 54.5 Å². The van der Waals surface area contributed by atoms with Crippen LogP contribution in [0.5, 0.6) is 11.5 Å². The second kappa shape index (κ2) is 21.6. The number of nitrogens with zero attached hydrogens (tertiary/aromatic N) is 2. The van der Waals surface area contributed by atoms with E-state index in [1.165, 1.54) is 0 Å². The average Bonchev–Trinajstić information content (AvgIpc) is 3.18. The van der Waals surface area contributed by atoms with Gasteiger partial charge < -0.3 is 30.7 Å². The number of unbranched alkanes of at least 4 members (excludes halogenated alkanes) is 3. The number of ether oxygens (including phenoxy) is 2. The molecule has 0 spiro atoms. The van der Waals surface area contributed by atoms with Crippen molar-refractivity contribution in [2.75, 3.05) is 6.54 Å². The van der Waals surface area contributed by atoms with Crippen LogP contribution in [-0.4, -0.2) is 69.4 Å². The van der Waals surface area contributed by atoms with Crippen LogP contribution in [0.15, 0.2) is 71.7 Å². The van der Waals surface area contributed by atoms with E-state index in [9.17, 15) is 29.4 Å². The van der Waals surface area contributed by atoms with Crippen molar-refractivity contribution in [3.63, 3.8) is 0 Å². The Labute approximate surface area is 378 Å². The van der Waals surface area contributed by atoms with Gasteiger partial charge in [0.25, 0.3) is 5.91 Å². The quantitative estimate of drug-likeness (QED) is 0.0410. The molecule has 4 rings (SSSR count). The summed E-state index contributed by atoms with van der Waals surface area (Å²) in [7, 11) is 0. The van der Waals surface area contributed by atoms with Crippen molar-refractivity contribution in [3.8, 4) is 11.5 Å². The number of hydrogen-bond donors (Lipinski definition) is 5. The van der Waals surface area contributed by atoms with Gasteiger partial charge in [0, 0.05) is 18.9 Å². The number of phenolic OH excluding ortho intramolecular Hbond substituents is 2. The van der Waals surface area contributed by atoms with Crippen LogP contribution in [0.1, 0.15) is 125 Å². The standard InChI is InChI=1S/C51H68N5O8/c1-31-24-36(25-32(2)42(31)57)28-41(44(59)35(5)39-21-20-38-18-14-15-19-40(38)29-39)54-45(60)51(52,30-37-26-33(3)43(58)34(4)27-37)22-16-12-13-17-23-53-46(55-47(61)63-49(6,7)8)56-48(62)64-50(9,10)11/h14-15,18-21,24-27,29,35,41,57-58H,12-13,16-17,22-23,28,30,52H2,1-11H3,(H2,53,55,56,61,62)/t35-,41+,51+/m1/s1. The molecule has 0 aliphatic heterocycles. The Morgan fingerprint density at radius 2 is 1.27 bits per heavy atom. The normalized spacial score (nSPS) is 14.0. The van der Waals surface area contributed by atoms with Crippen LogP contribution in [0.3, 0.4) is 0 Å². The minimum atomic E-state index is -1.50. The molecule has 0 aliphatic rings. The molecule has 4 aromatic rings. The van der Waals surface area contributed by atoms with Gasteiger partial charge in [0.2, 0.25) is 5.96 Å². The number of phenols is 2. The maximum absolute atomic E-state index is 14.7. The largest absolute Gasteiger partial charge is 0.507 e. The summed E-state index contributed by atoms with van der Waals surface area (Å²) < 4.78 is 10.6. The zero-order valence-electron chi connectivity index (χ0n) is 39.5. The molecule has 3 atom stereocenters. The summed E-state index contributed by atoms with van der Waals surface area (Å²) in [5, 5.41) is 33.3. The number of carbonyl (C=O) groups is 4. The molecule has 13 nitrogen and oxygen atoms in total. The molecule has 0 fully saturated rings. The molecule has 0 saturated carbocycles. The summed E-state index contributed by atoms with van der Waals surface area (Å²) in [6, 6.07) is 20.0. The predicted molar refractivity (Wildman–Crippen MR) is 252 cm³/mol. The van der Waals surface area contributed by atoms with Crippen molar-refractivity contribution in [2.45, 2.75) is 150 Å². The molecular weight excluding hydrogens is 811 g/mol. The molecule has 0 aliphatic carbocycles. The number of ketones is 1. The summed E-state index contributed by atoms with van der Waals surface area (Å²) in [4.78, 5) is 58.2. The number of benzene rings is 4. The first-order valence-electron chi connectivity index (χ1n) is 22.0. The monoisotopic (exact) mass is 879 g/mol. The molecule has 0 heterocycles. The molecular formula is C51H68N5O8. The van der Waals surface area contributed by atoms with Gasteiger partial charge in [-0.2, -0.15) is 0 Å². The van der Waals surface area contributed by atoms with Gasteiger partial charge in [0.15, 0.2) is 5.78 Å². The van der Waals surface area contributed by atoms with Crippen molar-refractivity contribution in [3.05, 3.63) is 106 Å². The number of aryl methyl sites for hydroxylation is 4. The molecule has 0 unspecified atom stereocenters. The highest BCUT2D eigenvalue weighted by Crippen LogP contribution is 2.30. The minimum absolute atomic E-state index is 0.104. The summed E-state index contributed by atoms with van der Waals surface area (Å²) >= 11 is 0. The lowest BCUT2D eigenvalue weighted by Gasteiger charge is -2.30. The Hall–Kier alpha value is -5.95. The van der Waals surface area contributed by atoms with Crippen LogP contribution >= 0.6 is 0 Å². The number of nitrogens with two attached hydrogens (primary N) is 1. The molecule has 1 radical (unpaired) electrons. The number of guanidine groups is 1. The predicted octanol–water partition coefficient (Wildman–Crippen LogP) is 9.20. The second-order valence-electron chi connectivity index (χ2n) is 19.0. The molecule has 4 aromatic carbocycles. The number of alkyl carbamates (subject to hydrolysis) is 1. The molecule has 3 amide bonds. The number of amides is 3. The van der Waals surface area contributed by atoms with E-state index < -0.39 is 46.8 Å². The first kappa shape index (κ1) is 50.7. The number of aliphatic imine (C=N–C) groups is 1. The van der Waals surface area contributed by atoms with Crippen molar-refractivity contribution < 1.29 is 38.9 Å². The molecule has 0 saturated heterocycles. The van der Waals surface area contributed by atoms with Crippen LogP contribution in [-0.2, 0) is 31.9 Å². The van der Waals surface area contributed by atoms with E-state index in [4.69, 9.17) is 20.5 Å². The van der Waals surface area contributed by atoms with Gasteiger partial charge in [-0.3, -0.25) is 14.9 Å². The Bertz CT molecular complexity index is 2300. The molecule has 0 aromatic heterocycles. The number of hydrogen-bond acceptors (Lipinski definition) is 9. The Kier molecular flexibility index (Phi) is 17.1. The van der Waals surface area contributed by atoms with Gasteiger partial charge in [-0.25, -0.2) is 14.9 Å². The van der Waals surface area contributed by atoms with Crippen molar-refractivity contribution in [1.29, 1.82) is 0 Å². The van der Waals surface area contributed by atoms with E-state index >= 15 is 0 Å². The topological polar surface area (TPSA) is 204 Å².